The van der Waals surface area contributed by atoms with Gasteiger partial charge >= 0.3 is 0 Å². The van der Waals surface area contributed by atoms with Crippen LogP contribution in [0.15, 0.2) is 36.4 Å². The maximum Gasteiger partial charge on any atom is 0.234 e. The Morgan fingerprint density at radius 2 is 2.21 bits per heavy atom. The van der Waals surface area contributed by atoms with Gasteiger partial charge in [-0.3, -0.25) is 9.69 Å². The van der Waals surface area contributed by atoms with E-state index in [1.54, 1.807) is 0 Å². The first kappa shape index (κ1) is 13.8. The van der Waals surface area contributed by atoms with Crippen LogP contribution in [0.5, 0.6) is 0 Å². The molecule has 19 heavy (non-hydrogen) atoms. The molecule has 0 radical (unpaired) electrons. The molecule has 2 rings (SSSR count). The molecule has 1 aromatic carbocycles. The fourth-order valence-corrected chi connectivity index (χ4v) is 2.43. The Labute approximate surface area is 115 Å². The summed E-state index contributed by atoms with van der Waals surface area (Å²) in [7, 11) is 0. The minimum absolute atomic E-state index is 0.102. The van der Waals surface area contributed by atoms with Crippen molar-refractivity contribution in [3.63, 3.8) is 0 Å². The zero-order valence-electron chi connectivity index (χ0n) is 11.7. The molecule has 1 N–H and O–H groups in total. The maximum absolute atomic E-state index is 12.0. The van der Waals surface area contributed by atoms with Crippen LogP contribution in [-0.2, 0) is 11.3 Å². The molecule has 1 heterocycles. The monoisotopic (exact) mass is 258 g/mol. The van der Waals surface area contributed by atoms with E-state index in [0.29, 0.717) is 19.1 Å². The van der Waals surface area contributed by atoms with E-state index in [1.807, 2.05) is 12.1 Å². The smallest absolute Gasteiger partial charge is 0.234 e. The van der Waals surface area contributed by atoms with Crippen molar-refractivity contribution in [2.75, 3.05) is 13.1 Å². The molecular weight excluding hydrogens is 236 g/mol. The van der Waals surface area contributed by atoms with Crippen LogP contribution in [0.25, 0.3) is 0 Å². The van der Waals surface area contributed by atoms with Gasteiger partial charge in [0.1, 0.15) is 0 Å². The number of amides is 1. The van der Waals surface area contributed by atoms with E-state index in [2.05, 4.69) is 48.3 Å². The van der Waals surface area contributed by atoms with Crippen LogP contribution in [-0.4, -0.2) is 29.9 Å². The molecule has 1 atom stereocenters. The summed E-state index contributed by atoms with van der Waals surface area (Å²) in [5.41, 5.74) is 2.40. The molecule has 1 aromatic rings. The molecule has 3 nitrogen and oxygen atoms in total. The molecule has 0 saturated heterocycles. The zero-order valence-corrected chi connectivity index (χ0v) is 11.7. The van der Waals surface area contributed by atoms with Crippen LogP contribution < -0.4 is 5.32 Å². The first-order chi connectivity index (χ1) is 9.20. The normalized spacial score (nSPS) is 18.7. The van der Waals surface area contributed by atoms with Gasteiger partial charge in [0.2, 0.25) is 5.91 Å². The molecule has 0 saturated carbocycles. The Bertz CT molecular complexity index is 468. The number of carbonyl (C=O) groups is 1. The third-order valence-corrected chi connectivity index (χ3v) is 3.67. The highest BCUT2D eigenvalue weighted by Crippen LogP contribution is 2.12. The zero-order chi connectivity index (χ0) is 13.7. The van der Waals surface area contributed by atoms with E-state index >= 15 is 0 Å². The van der Waals surface area contributed by atoms with Crippen LogP contribution in [0, 0.1) is 6.92 Å². The van der Waals surface area contributed by atoms with Crippen molar-refractivity contribution in [3.05, 3.63) is 47.5 Å². The summed E-state index contributed by atoms with van der Waals surface area (Å²) in [5, 5.41) is 3.00. The Morgan fingerprint density at radius 3 is 2.95 bits per heavy atom. The summed E-state index contributed by atoms with van der Waals surface area (Å²) >= 11 is 0. The lowest BCUT2D eigenvalue weighted by Crippen LogP contribution is -2.39. The molecule has 0 bridgehead atoms. The molecule has 0 aliphatic carbocycles. The van der Waals surface area contributed by atoms with Gasteiger partial charge in [0.25, 0.3) is 0 Å². The highest BCUT2D eigenvalue weighted by atomic mass is 16.2. The minimum atomic E-state index is 0.102. The van der Waals surface area contributed by atoms with Gasteiger partial charge in [-0.15, -0.1) is 0 Å². The summed E-state index contributed by atoms with van der Waals surface area (Å²) < 4.78 is 0. The molecular formula is C16H22N2O. The molecule has 1 aliphatic heterocycles. The maximum atomic E-state index is 12.0. The number of rotatable bonds is 5. The second-order valence-corrected chi connectivity index (χ2v) is 5.04. The van der Waals surface area contributed by atoms with E-state index < -0.39 is 0 Å². The summed E-state index contributed by atoms with van der Waals surface area (Å²) in [4.78, 5) is 14.2. The molecule has 0 fully saturated rings. The molecule has 0 unspecified atom stereocenters. The molecule has 1 aliphatic rings. The Morgan fingerprint density at radius 1 is 1.42 bits per heavy atom. The second kappa shape index (κ2) is 6.53. The van der Waals surface area contributed by atoms with Gasteiger partial charge in [0.15, 0.2) is 0 Å². The molecule has 102 valence electrons. The number of hydrogen-bond donors (Lipinski definition) is 1. The number of nitrogens with zero attached hydrogens (tertiary/aromatic N) is 1. The highest BCUT2D eigenvalue weighted by Gasteiger charge is 2.20. The molecule has 0 aromatic heterocycles. The fourth-order valence-electron chi connectivity index (χ4n) is 2.43. The van der Waals surface area contributed by atoms with Crippen LogP contribution in [0.2, 0.25) is 0 Å². The Kier molecular flexibility index (Phi) is 4.74. The van der Waals surface area contributed by atoms with E-state index in [4.69, 9.17) is 0 Å². The third-order valence-electron chi connectivity index (χ3n) is 3.67. The molecule has 3 heteroatoms. The standard InChI is InChI=1S/C16H22N2O/c1-3-15-9-6-10-18(15)12-16(19)17-11-14-8-5-4-7-13(14)2/h4-9,15H,3,10-12H2,1-2H3,(H,17,19)/t15-/m1/s1. The van der Waals surface area contributed by atoms with Crippen LogP contribution in [0.1, 0.15) is 24.5 Å². The summed E-state index contributed by atoms with van der Waals surface area (Å²) in [6.07, 6.45) is 5.39. The van der Waals surface area contributed by atoms with Crippen LogP contribution >= 0.6 is 0 Å². The van der Waals surface area contributed by atoms with Crippen molar-refractivity contribution in [2.24, 2.45) is 0 Å². The average molecular weight is 258 g/mol. The van der Waals surface area contributed by atoms with E-state index in [-0.39, 0.29) is 5.91 Å². The Hall–Kier alpha value is -1.61. The fraction of sp³-hybridized carbons (Fsp3) is 0.438. The summed E-state index contributed by atoms with van der Waals surface area (Å²) in [6.45, 7) is 6.20. The van der Waals surface area contributed by atoms with Crippen molar-refractivity contribution >= 4 is 5.91 Å². The van der Waals surface area contributed by atoms with Crippen molar-refractivity contribution in [2.45, 2.75) is 32.9 Å². The van der Waals surface area contributed by atoms with Gasteiger partial charge in [0, 0.05) is 19.1 Å². The topological polar surface area (TPSA) is 32.3 Å². The van der Waals surface area contributed by atoms with Crippen molar-refractivity contribution in [3.8, 4) is 0 Å². The predicted molar refractivity (Wildman–Crippen MR) is 77.8 cm³/mol. The van der Waals surface area contributed by atoms with E-state index in [0.717, 1.165) is 13.0 Å². The summed E-state index contributed by atoms with van der Waals surface area (Å²) in [5.74, 6) is 0.102. The van der Waals surface area contributed by atoms with Crippen LogP contribution in [0.4, 0.5) is 0 Å². The number of hydrogen-bond acceptors (Lipinski definition) is 2. The number of aryl methyl sites for hydroxylation is 1. The SMILES string of the molecule is CC[C@@H]1C=CCN1CC(=O)NCc1ccccc1C. The Balaban J connectivity index is 1.81. The van der Waals surface area contributed by atoms with Crippen molar-refractivity contribution in [1.29, 1.82) is 0 Å². The van der Waals surface area contributed by atoms with Gasteiger partial charge in [-0.2, -0.15) is 0 Å². The van der Waals surface area contributed by atoms with Crippen LogP contribution in [0.3, 0.4) is 0 Å². The predicted octanol–water partition coefficient (Wildman–Crippen LogP) is 2.26. The second-order valence-electron chi connectivity index (χ2n) is 5.04. The first-order valence-electron chi connectivity index (χ1n) is 6.92. The lowest BCUT2D eigenvalue weighted by atomic mass is 10.1. The largest absolute Gasteiger partial charge is 0.351 e. The van der Waals surface area contributed by atoms with Gasteiger partial charge in [-0.05, 0) is 24.5 Å². The van der Waals surface area contributed by atoms with E-state index in [1.165, 1.54) is 11.1 Å². The van der Waals surface area contributed by atoms with Crippen molar-refractivity contribution in [1.82, 2.24) is 10.2 Å². The third kappa shape index (κ3) is 3.67. The van der Waals surface area contributed by atoms with Crippen molar-refractivity contribution < 1.29 is 4.79 Å². The van der Waals surface area contributed by atoms with E-state index in [9.17, 15) is 4.79 Å². The number of carbonyl (C=O) groups excluding carboxylic acids is 1. The molecule has 0 spiro atoms. The lowest BCUT2D eigenvalue weighted by Gasteiger charge is -2.22. The number of benzene rings is 1. The van der Waals surface area contributed by atoms with Gasteiger partial charge in [0.05, 0.1) is 6.54 Å². The highest BCUT2D eigenvalue weighted by molar-refractivity contribution is 5.78. The molecule has 1 amide bonds. The summed E-state index contributed by atoms with van der Waals surface area (Å²) in [6, 6.07) is 8.57. The van der Waals surface area contributed by atoms with Gasteiger partial charge in [-0.25, -0.2) is 0 Å². The van der Waals surface area contributed by atoms with Gasteiger partial charge < -0.3 is 5.32 Å². The first-order valence-corrected chi connectivity index (χ1v) is 6.92. The number of nitrogens with one attached hydrogen (secondary N) is 1. The minimum Gasteiger partial charge on any atom is -0.351 e. The quantitative estimate of drug-likeness (QED) is 0.822. The lowest BCUT2D eigenvalue weighted by molar-refractivity contribution is -0.122. The average Bonchev–Trinajstić information content (AvgIpc) is 2.85. The van der Waals surface area contributed by atoms with Gasteiger partial charge in [-0.1, -0.05) is 43.3 Å².